The van der Waals surface area contributed by atoms with E-state index in [2.05, 4.69) is 250 Å². The van der Waals surface area contributed by atoms with Crippen molar-refractivity contribution in [1.82, 2.24) is 13.7 Å². The van der Waals surface area contributed by atoms with Crippen LogP contribution in [0.2, 0.25) is 0 Å². The number of thiophene rings is 1. The highest BCUT2D eigenvalue weighted by Gasteiger charge is 2.19. The summed E-state index contributed by atoms with van der Waals surface area (Å²) in [5, 5.41) is 11.1. The molecule has 0 N–H and O–H groups in total. The van der Waals surface area contributed by atoms with Gasteiger partial charge in [-0.3, -0.25) is 0 Å². The third-order valence-corrected chi connectivity index (χ3v) is 14.7. The largest absolute Gasteiger partial charge is 0.309 e. The van der Waals surface area contributed by atoms with Gasteiger partial charge in [0.05, 0.1) is 33.1 Å². The van der Waals surface area contributed by atoms with E-state index >= 15 is 0 Å². The van der Waals surface area contributed by atoms with Crippen LogP contribution < -0.4 is 0 Å². The van der Waals surface area contributed by atoms with Crippen molar-refractivity contribution in [3.63, 3.8) is 0 Å². The average Bonchev–Trinajstić information content (AvgIpc) is 4.14. The molecule has 14 rings (SSSR count). The van der Waals surface area contributed by atoms with Gasteiger partial charge in [0, 0.05) is 65.0 Å². The van der Waals surface area contributed by atoms with Crippen LogP contribution in [0.15, 0.2) is 236 Å². The van der Waals surface area contributed by atoms with Gasteiger partial charge in [0.1, 0.15) is 0 Å². The average molecular weight is 858 g/mol. The van der Waals surface area contributed by atoms with Gasteiger partial charge in [0.25, 0.3) is 0 Å². The van der Waals surface area contributed by atoms with E-state index < -0.39 is 0 Å². The summed E-state index contributed by atoms with van der Waals surface area (Å²) < 4.78 is 8.54. The van der Waals surface area contributed by atoms with Gasteiger partial charge in [-0.25, -0.2) is 0 Å². The van der Waals surface area contributed by atoms with Gasteiger partial charge in [-0.15, -0.1) is 11.3 Å². The number of rotatable bonds is 6. The van der Waals surface area contributed by atoms with Crippen LogP contribution in [0, 0.1) is 0 Å². The maximum atomic E-state index is 2.46. The maximum Gasteiger partial charge on any atom is 0.0541 e. The van der Waals surface area contributed by atoms with Crippen LogP contribution >= 0.6 is 11.3 Å². The first-order valence-electron chi connectivity index (χ1n) is 22.6. The van der Waals surface area contributed by atoms with Crippen molar-refractivity contribution >= 4 is 86.8 Å². The number of hydrogen-bond acceptors (Lipinski definition) is 1. The second-order valence-electron chi connectivity index (χ2n) is 17.3. The molecule has 0 saturated carbocycles. The zero-order valence-corrected chi connectivity index (χ0v) is 36.6. The zero-order valence-electron chi connectivity index (χ0n) is 35.8. The first-order chi connectivity index (χ1) is 32.7. The third-order valence-electron chi connectivity index (χ3n) is 13.7. The van der Waals surface area contributed by atoms with Crippen molar-refractivity contribution in [2.75, 3.05) is 0 Å². The summed E-state index contributed by atoms with van der Waals surface area (Å²) in [6.07, 6.45) is 0. The number of fused-ring (bicyclic) bond motifs is 10. The maximum absolute atomic E-state index is 2.46. The molecule has 3 nitrogen and oxygen atoms in total. The molecular weight excluding hydrogens is 819 g/mol. The monoisotopic (exact) mass is 857 g/mol. The standard InChI is InChI=1S/C62H39N3S/c1-3-15-45(16-4-1)63-56-23-10-7-20-48(56)51-35-40(26-30-58(51)63)42-28-32-60-53(37-42)54-38-43(41-27-31-59-52(36-41)49-21-8-11-24-57(49)64(59)46-17-5-2-6-18-46)29-33-61(54)65(60)47-19-13-14-44(34-47)55-39-66-62-25-12-9-22-50(55)62/h1-39H. The summed E-state index contributed by atoms with van der Waals surface area (Å²) in [5.74, 6) is 0. The fourth-order valence-corrected chi connectivity index (χ4v) is 11.7. The lowest BCUT2D eigenvalue weighted by molar-refractivity contribution is 1.18. The quantitative estimate of drug-likeness (QED) is 0.158. The Labute approximate surface area is 384 Å². The van der Waals surface area contributed by atoms with E-state index in [1.807, 2.05) is 11.3 Å². The molecular formula is C62H39N3S. The van der Waals surface area contributed by atoms with Gasteiger partial charge in [-0.1, -0.05) is 127 Å². The first-order valence-corrected chi connectivity index (χ1v) is 23.4. The molecule has 0 aliphatic heterocycles. The molecule has 0 bridgehead atoms. The number of aromatic nitrogens is 3. The van der Waals surface area contributed by atoms with Crippen LogP contribution in [0.3, 0.4) is 0 Å². The van der Waals surface area contributed by atoms with Crippen molar-refractivity contribution < 1.29 is 0 Å². The first kappa shape index (κ1) is 37.0. The Morgan fingerprint density at radius 3 is 1.12 bits per heavy atom. The Balaban J connectivity index is 0.972. The van der Waals surface area contributed by atoms with Crippen molar-refractivity contribution in [2.24, 2.45) is 0 Å². The van der Waals surface area contributed by atoms with Gasteiger partial charge in [0.2, 0.25) is 0 Å². The van der Waals surface area contributed by atoms with E-state index in [4.69, 9.17) is 0 Å². The van der Waals surface area contributed by atoms with Gasteiger partial charge in [-0.2, -0.15) is 0 Å². The summed E-state index contributed by atoms with van der Waals surface area (Å²) >= 11 is 1.81. The minimum Gasteiger partial charge on any atom is -0.309 e. The molecule has 10 aromatic carbocycles. The highest BCUT2D eigenvalue weighted by molar-refractivity contribution is 7.17. The minimum atomic E-state index is 1.15. The van der Waals surface area contributed by atoms with E-state index in [0.717, 1.165) is 5.69 Å². The number of para-hydroxylation sites is 4. The fraction of sp³-hybridized carbons (Fsp3) is 0. The summed E-state index contributed by atoms with van der Waals surface area (Å²) in [5.41, 5.74) is 18.0. The molecule has 0 spiro atoms. The normalized spacial score (nSPS) is 11.9. The molecule has 14 aromatic rings. The molecule has 0 amide bonds. The Bertz CT molecular complexity index is 4010. The van der Waals surface area contributed by atoms with Crippen LogP contribution in [0.5, 0.6) is 0 Å². The van der Waals surface area contributed by atoms with Crippen LogP contribution in [0.1, 0.15) is 0 Å². The van der Waals surface area contributed by atoms with Crippen LogP contribution in [-0.2, 0) is 0 Å². The molecule has 0 atom stereocenters. The number of hydrogen-bond donors (Lipinski definition) is 0. The Morgan fingerprint density at radius 2 is 0.621 bits per heavy atom. The zero-order chi connectivity index (χ0) is 43.3. The molecule has 308 valence electrons. The van der Waals surface area contributed by atoms with Crippen molar-refractivity contribution in [3.8, 4) is 50.4 Å². The lowest BCUT2D eigenvalue weighted by Gasteiger charge is -2.11. The molecule has 4 heterocycles. The summed E-state index contributed by atoms with van der Waals surface area (Å²) in [7, 11) is 0. The van der Waals surface area contributed by atoms with Gasteiger partial charge in [-0.05, 0) is 136 Å². The molecule has 0 fully saturated rings. The van der Waals surface area contributed by atoms with Crippen LogP contribution in [-0.4, -0.2) is 13.7 Å². The van der Waals surface area contributed by atoms with E-state index in [-0.39, 0.29) is 0 Å². The van der Waals surface area contributed by atoms with Crippen LogP contribution in [0.25, 0.3) is 126 Å². The SMILES string of the molecule is c1ccc(-n2c3ccccc3c3cc(-c4ccc5c(c4)c4cc(-c6ccc7c(c6)c6ccccc6n7-c6ccccc6)ccc4n5-c4cccc(-c5csc6ccccc56)c4)ccc32)cc1. The molecule has 66 heavy (non-hydrogen) atoms. The van der Waals surface area contributed by atoms with Gasteiger partial charge in [0.15, 0.2) is 0 Å². The van der Waals surface area contributed by atoms with Gasteiger partial charge >= 0.3 is 0 Å². The van der Waals surface area contributed by atoms with Crippen LogP contribution in [0.4, 0.5) is 0 Å². The summed E-state index contributed by atoms with van der Waals surface area (Å²) in [6.45, 7) is 0. The third kappa shape index (κ3) is 5.62. The molecule has 0 unspecified atom stereocenters. The van der Waals surface area contributed by atoms with Gasteiger partial charge < -0.3 is 13.7 Å². The Kier molecular flexibility index (Phi) is 8.15. The highest BCUT2D eigenvalue weighted by atomic mass is 32.1. The molecule has 0 aliphatic carbocycles. The molecule has 0 aliphatic rings. The lowest BCUT2D eigenvalue weighted by atomic mass is 9.98. The summed E-state index contributed by atoms with van der Waals surface area (Å²) in [6, 6.07) is 84.8. The van der Waals surface area contributed by atoms with E-state index in [1.54, 1.807) is 0 Å². The van der Waals surface area contributed by atoms with E-state index in [9.17, 15) is 0 Å². The fourth-order valence-electron chi connectivity index (χ4n) is 10.7. The smallest absolute Gasteiger partial charge is 0.0541 e. The molecule has 0 saturated heterocycles. The van der Waals surface area contributed by atoms with Crippen molar-refractivity contribution in [1.29, 1.82) is 0 Å². The minimum absolute atomic E-state index is 1.15. The predicted octanol–water partition coefficient (Wildman–Crippen LogP) is 17.2. The summed E-state index contributed by atoms with van der Waals surface area (Å²) in [4.78, 5) is 0. The predicted molar refractivity (Wildman–Crippen MR) is 281 cm³/mol. The lowest BCUT2D eigenvalue weighted by Crippen LogP contribution is -1.94. The second-order valence-corrected chi connectivity index (χ2v) is 18.2. The molecule has 4 aromatic heterocycles. The molecule has 0 radical (unpaired) electrons. The van der Waals surface area contributed by atoms with E-state index in [0.29, 0.717) is 0 Å². The molecule has 4 heteroatoms. The highest BCUT2D eigenvalue weighted by Crippen LogP contribution is 2.42. The topological polar surface area (TPSA) is 14.8 Å². The second kappa shape index (κ2) is 14.5. The van der Waals surface area contributed by atoms with Crippen molar-refractivity contribution in [3.05, 3.63) is 236 Å². The number of nitrogens with zero attached hydrogens (tertiary/aromatic N) is 3. The van der Waals surface area contributed by atoms with Crippen molar-refractivity contribution in [2.45, 2.75) is 0 Å². The Morgan fingerprint density at radius 1 is 0.242 bits per heavy atom. The number of benzene rings is 10. The van der Waals surface area contributed by atoms with E-state index in [1.165, 1.54) is 120 Å². The Hall–Kier alpha value is -8.44.